The van der Waals surface area contributed by atoms with Crippen LogP contribution < -0.4 is 10.6 Å². The van der Waals surface area contributed by atoms with Crippen molar-refractivity contribution >= 4 is 11.9 Å². The van der Waals surface area contributed by atoms with Crippen LogP contribution in [0.2, 0.25) is 0 Å². The molecule has 0 aromatic heterocycles. The maximum Gasteiger partial charge on any atom is 0.321 e. The van der Waals surface area contributed by atoms with Gasteiger partial charge in [0.15, 0.2) is 0 Å². The highest BCUT2D eigenvalue weighted by molar-refractivity contribution is 5.95. The van der Waals surface area contributed by atoms with Crippen LogP contribution in [-0.4, -0.2) is 58.8 Å². The Balaban J connectivity index is 1.72. The SMILES string of the molecule is CNC(=O)NC(=O)C1CCC2(O)C(C)N(CC3CC3)CCC2(c2cc(O)ccc2C)C1. The van der Waals surface area contributed by atoms with Gasteiger partial charge in [0.2, 0.25) is 5.91 Å². The average Bonchev–Trinajstić information content (AvgIpc) is 3.56. The van der Waals surface area contributed by atoms with Crippen LogP contribution in [0.5, 0.6) is 5.75 Å². The lowest BCUT2D eigenvalue weighted by Crippen LogP contribution is -2.70. The Bertz CT molecular complexity index is 870. The van der Waals surface area contributed by atoms with Crippen molar-refractivity contribution in [2.24, 2.45) is 11.8 Å². The number of carbonyl (C=O) groups excluding carboxylic acids is 2. The summed E-state index contributed by atoms with van der Waals surface area (Å²) in [4.78, 5) is 27.0. The lowest BCUT2D eigenvalue weighted by molar-refractivity contribution is -0.167. The average molecular weight is 430 g/mol. The largest absolute Gasteiger partial charge is 0.508 e. The highest BCUT2D eigenvalue weighted by atomic mass is 16.3. The van der Waals surface area contributed by atoms with Gasteiger partial charge in [-0.25, -0.2) is 4.79 Å². The highest BCUT2D eigenvalue weighted by Gasteiger charge is 2.62. The van der Waals surface area contributed by atoms with Crippen LogP contribution in [0.15, 0.2) is 18.2 Å². The fourth-order valence-electron chi connectivity index (χ4n) is 6.08. The third-order valence-electron chi connectivity index (χ3n) is 8.12. The number of hydrogen-bond donors (Lipinski definition) is 4. The molecule has 7 nitrogen and oxygen atoms in total. The smallest absolute Gasteiger partial charge is 0.321 e. The van der Waals surface area contributed by atoms with Gasteiger partial charge in [0, 0.05) is 31.0 Å². The predicted octanol–water partition coefficient (Wildman–Crippen LogP) is 2.43. The third-order valence-corrected chi connectivity index (χ3v) is 8.12. The molecule has 31 heavy (non-hydrogen) atoms. The number of imide groups is 1. The molecule has 4 unspecified atom stereocenters. The predicted molar refractivity (Wildman–Crippen MR) is 118 cm³/mol. The van der Waals surface area contributed by atoms with Crippen molar-refractivity contribution in [2.45, 2.75) is 69.4 Å². The van der Waals surface area contributed by atoms with Crippen molar-refractivity contribution in [3.63, 3.8) is 0 Å². The second kappa shape index (κ2) is 8.10. The Hall–Kier alpha value is -2.12. The van der Waals surface area contributed by atoms with E-state index in [4.69, 9.17) is 0 Å². The molecule has 1 saturated heterocycles. The molecule has 3 amide bonds. The molecule has 0 bridgehead atoms. The van der Waals surface area contributed by atoms with Crippen molar-refractivity contribution in [1.29, 1.82) is 0 Å². The number of nitrogens with zero attached hydrogens (tertiary/aromatic N) is 1. The first-order valence-corrected chi connectivity index (χ1v) is 11.5. The van der Waals surface area contributed by atoms with Crippen LogP contribution in [0.1, 0.15) is 56.6 Å². The molecular formula is C24H35N3O4. The molecule has 1 heterocycles. The lowest BCUT2D eigenvalue weighted by atomic mass is 9.51. The van der Waals surface area contributed by atoms with Crippen molar-refractivity contribution in [1.82, 2.24) is 15.5 Å². The topological polar surface area (TPSA) is 102 Å². The minimum absolute atomic E-state index is 0.0495. The van der Waals surface area contributed by atoms with Crippen LogP contribution in [0.4, 0.5) is 4.79 Å². The summed E-state index contributed by atoms with van der Waals surface area (Å²) in [5.74, 6) is 0.228. The van der Waals surface area contributed by atoms with Crippen LogP contribution >= 0.6 is 0 Å². The fraction of sp³-hybridized carbons (Fsp3) is 0.667. The van der Waals surface area contributed by atoms with Crippen molar-refractivity contribution < 1.29 is 19.8 Å². The maximum absolute atomic E-state index is 12.9. The summed E-state index contributed by atoms with van der Waals surface area (Å²) >= 11 is 0. The van der Waals surface area contributed by atoms with Crippen LogP contribution in [-0.2, 0) is 10.2 Å². The Morgan fingerprint density at radius 2 is 1.97 bits per heavy atom. The van der Waals surface area contributed by atoms with E-state index in [0.29, 0.717) is 25.7 Å². The Morgan fingerprint density at radius 1 is 1.23 bits per heavy atom. The molecule has 0 spiro atoms. The van der Waals surface area contributed by atoms with Crippen molar-refractivity contribution in [3.8, 4) is 5.75 Å². The lowest BCUT2D eigenvalue weighted by Gasteiger charge is -2.61. The van der Waals surface area contributed by atoms with Gasteiger partial charge >= 0.3 is 6.03 Å². The van der Waals surface area contributed by atoms with Gasteiger partial charge in [0.05, 0.1) is 5.60 Å². The van der Waals surface area contributed by atoms with Gasteiger partial charge in [-0.15, -0.1) is 0 Å². The second-order valence-electron chi connectivity index (χ2n) is 9.88. The summed E-state index contributed by atoms with van der Waals surface area (Å²) in [7, 11) is 1.48. The van der Waals surface area contributed by atoms with Gasteiger partial charge in [-0.3, -0.25) is 15.0 Å². The van der Waals surface area contributed by atoms with E-state index in [0.717, 1.165) is 30.1 Å². The van der Waals surface area contributed by atoms with E-state index in [1.807, 2.05) is 13.0 Å². The van der Waals surface area contributed by atoms with Gasteiger partial charge in [0.25, 0.3) is 0 Å². The van der Waals surface area contributed by atoms with E-state index >= 15 is 0 Å². The van der Waals surface area contributed by atoms with E-state index in [9.17, 15) is 19.8 Å². The quantitative estimate of drug-likeness (QED) is 0.589. The Morgan fingerprint density at radius 3 is 2.65 bits per heavy atom. The van der Waals surface area contributed by atoms with Gasteiger partial charge < -0.3 is 15.5 Å². The number of phenols is 1. The Kier molecular flexibility index (Phi) is 5.77. The highest BCUT2D eigenvalue weighted by Crippen LogP contribution is 2.56. The van der Waals surface area contributed by atoms with Gasteiger partial charge in [0.1, 0.15) is 5.75 Å². The molecule has 3 fully saturated rings. The van der Waals surface area contributed by atoms with Gasteiger partial charge in [-0.2, -0.15) is 0 Å². The number of rotatable bonds is 4. The molecular weight excluding hydrogens is 394 g/mol. The first-order valence-electron chi connectivity index (χ1n) is 11.5. The summed E-state index contributed by atoms with van der Waals surface area (Å²) in [5, 5.41) is 27.4. The van der Waals surface area contributed by atoms with Gasteiger partial charge in [-0.05, 0) is 88.1 Å². The number of aryl methyl sites for hydroxylation is 1. The van der Waals surface area contributed by atoms with Crippen molar-refractivity contribution in [2.75, 3.05) is 20.1 Å². The molecule has 1 aromatic carbocycles. The number of benzene rings is 1. The van der Waals surface area contributed by atoms with E-state index in [2.05, 4.69) is 22.5 Å². The number of piperidine rings is 1. The molecule has 4 rings (SSSR count). The first kappa shape index (κ1) is 22.1. The number of nitrogens with one attached hydrogen (secondary N) is 2. The van der Waals surface area contributed by atoms with E-state index in [1.54, 1.807) is 12.1 Å². The molecule has 4 atom stereocenters. The van der Waals surface area contributed by atoms with E-state index in [1.165, 1.54) is 19.9 Å². The zero-order chi connectivity index (χ0) is 22.4. The normalized spacial score (nSPS) is 33.4. The summed E-state index contributed by atoms with van der Waals surface area (Å²) < 4.78 is 0. The number of amides is 3. The fourth-order valence-corrected chi connectivity index (χ4v) is 6.08. The standard InChI is InChI=1S/C24H35N3O4/c1-15-4-7-19(28)12-20(15)23-10-11-27(14-17-5-6-17)16(2)24(23,31)9-8-18(13-23)21(29)26-22(30)25-3/h4,7,12,16-18,28,31H,5-6,8-11,13-14H2,1-3H3,(H2,25,26,29,30). The molecule has 1 aliphatic heterocycles. The number of urea groups is 1. The molecule has 2 saturated carbocycles. The van der Waals surface area contributed by atoms with Crippen LogP contribution in [0.3, 0.4) is 0 Å². The van der Waals surface area contributed by atoms with Crippen molar-refractivity contribution in [3.05, 3.63) is 29.3 Å². The molecule has 3 aliphatic rings. The molecule has 1 aromatic rings. The maximum atomic E-state index is 12.9. The third kappa shape index (κ3) is 3.82. The number of phenolic OH excluding ortho intramolecular Hbond substituents is 1. The van der Waals surface area contributed by atoms with Crippen LogP contribution in [0, 0.1) is 18.8 Å². The zero-order valence-corrected chi connectivity index (χ0v) is 18.8. The summed E-state index contributed by atoms with van der Waals surface area (Å²) in [5.41, 5.74) is 0.262. The van der Waals surface area contributed by atoms with E-state index in [-0.39, 0.29) is 23.6 Å². The number of aliphatic hydroxyl groups is 1. The number of carbonyl (C=O) groups is 2. The molecule has 4 N–H and O–H groups in total. The number of aromatic hydroxyl groups is 1. The van der Waals surface area contributed by atoms with Gasteiger partial charge in [-0.1, -0.05) is 6.07 Å². The summed E-state index contributed by atoms with van der Waals surface area (Å²) in [6.45, 7) is 5.97. The second-order valence-corrected chi connectivity index (χ2v) is 9.88. The summed E-state index contributed by atoms with van der Waals surface area (Å²) in [6.07, 6.45) is 4.71. The number of fused-ring (bicyclic) bond motifs is 1. The van der Waals surface area contributed by atoms with Crippen LogP contribution in [0.25, 0.3) is 0 Å². The molecule has 2 aliphatic carbocycles. The minimum atomic E-state index is -1.01. The summed E-state index contributed by atoms with van der Waals surface area (Å²) in [6, 6.07) is 4.75. The number of likely N-dealkylation sites (tertiary alicyclic amines) is 1. The molecule has 0 radical (unpaired) electrons. The molecule has 170 valence electrons. The van der Waals surface area contributed by atoms with E-state index < -0.39 is 17.0 Å². The molecule has 7 heteroatoms. The minimum Gasteiger partial charge on any atom is -0.508 e. The number of hydrogen-bond acceptors (Lipinski definition) is 5. The zero-order valence-electron chi connectivity index (χ0n) is 18.8. The Labute approximate surface area is 184 Å². The monoisotopic (exact) mass is 429 g/mol. The first-order chi connectivity index (χ1) is 14.7.